The molecular formula is C16H26. The van der Waals surface area contributed by atoms with Gasteiger partial charge in [-0.15, -0.1) is 0 Å². The second kappa shape index (κ2) is 4.05. The maximum atomic E-state index is 4.40. The zero-order valence-corrected chi connectivity index (χ0v) is 11.3. The van der Waals surface area contributed by atoms with Crippen LogP contribution >= 0.6 is 0 Å². The van der Waals surface area contributed by atoms with Gasteiger partial charge in [0.25, 0.3) is 0 Å². The number of hydrogen-bond donors (Lipinski definition) is 0. The Balaban J connectivity index is 2.37. The summed E-state index contributed by atoms with van der Waals surface area (Å²) in [4.78, 5) is 0. The maximum absolute atomic E-state index is 4.40. The maximum Gasteiger partial charge on any atom is -0.0114 e. The van der Waals surface area contributed by atoms with Gasteiger partial charge in [0, 0.05) is 0 Å². The van der Waals surface area contributed by atoms with Crippen molar-refractivity contribution < 1.29 is 0 Å². The van der Waals surface area contributed by atoms with E-state index in [1.807, 2.05) is 0 Å². The van der Waals surface area contributed by atoms with E-state index >= 15 is 0 Å². The van der Waals surface area contributed by atoms with Crippen LogP contribution in [0.4, 0.5) is 0 Å². The summed E-state index contributed by atoms with van der Waals surface area (Å²) in [5, 5.41) is 0. The molecule has 0 aromatic carbocycles. The Kier molecular flexibility index (Phi) is 3.03. The van der Waals surface area contributed by atoms with Crippen LogP contribution in [-0.4, -0.2) is 0 Å². The summed E-state index contributed by atoms with van der Waals surface area (Å²) in [6.45, 7) is 14.0. The average molecular weight is 218 g/mol. The molecule has 0 unspecified atom stereocenters. The van der Waals surface area contributed by atoms with Gasteiger partial charge in [0.15, 0.2) is 0 Å². The van der Waals surface area contributed by atoms with E-state index in [2.05, 4.69) is 40.3 Å². The first-order valence-corrected chi connectivity index (χ1v) is 6.78. The molecular weight excluding hydrogens is 192 g/mol. The third-order valence-corrected chi connectivity index (χ3v) is 4.98. The van der Waals surface area contributed by atoms with E-state index in [0.717, 1.165) is 17.8 Å². The average Bonchev–Trinajstić information content (AvgIpc) is 2.31. The Morgan fingerprint density at radius 1 is 1.31 bits per heavy atom. The Labute approximate surface area is 101 Å². The second-order valence-corrected chi connectivity index (χ2v) is 6.69. The van der Waals surface area contributed by atoms with Crippen molar-refractivity contribution in [2.24, 2.45) is 23.2 Å². The largest absolute Gasteiger partial charge is 0.0993 e. The molecule has 0 nitrogen and oxygen atoms in total. The van der Waals surface area contributed by atoms with Crippen LogP contribution in [0.2, 0.25) is 0 Å². The molecule has 0 aromatic rings. The van der Waals surface area contributed by atoms with E-state index in [-0.39, 0.29) is 0 Å². The first kappa shape index (κ1) is 12.0. The van der Waals surface area contributed by atoms with Crippen LogP contribution in [0.15, 0.2) is 23.8 Å². The second-order valence-electron chi connectivity index (χ2n) is 6.69. The summed E-state index contributed by atoms with van der Waals surface area (Å²) >= 11 is 0. The lowest BCUT2D eigenvalue weighted by molar-refractivity contribution is 0.186. The first-order valence-electron chi connectivity index (χ1n) is 6.78. The van der Waals surface area contributed by atoms with Gasteiger partial charge in [-0.1, -0.05) is 44.6 Å². The van der Waals surface area contributed by atoms with Crippen LogP contribution in [0.5, 0.6) is 0 Å². The fourth-order valence-corrected chi connectivity index (χ4v) is 3.56. The van der Waals surface area contributed by atoms with Crippen molar-refractivity contribution in [3.8, 4) is 0 Å². The van der Waals surface area contributed by atoms with E-state index in [0.29, 0.717) is 5.41 Å². The molecule has 2 aliphatic rings. The molecule has 0 N–H and O–H groups in total. The topological polar surface area (TPSA) is 0 Å². The molecule has 0 aromatic heterocycles. The fourth-order valence-electron chi connectivity index (χ4n) is 3.56. The molecule has 90 valence electrons. The minimum Gasteiger partial charge on any atom is -0.0993 e. The predicted octanol–water partition coefficient (Wildman–Crippen LogP) is 4.97. The SMILES string of the molecule is C=C1[C@H](C)CCC(C)(C)[C@H]2C=C(C)CC[C@@H]12. The fraction of sp³-hybridized carbons (Fsp3) is 0.750. The van der Waals surface area contributed by atoms with E-state index < -0.39 is 0 Å². The van der Waals surface area contributed by atoms with Gasteiger partial charge < -0.3 is 0 Å². The molecule has 0 saturated heterocycles. The smallest absolute Gasteiger partial charge is 0.0114 e. The van der Waals surface area contributed by atoms with Gasteiger partial charge in [-0.3, -0.25) is 0 Å². The van der Waals surface area contributed by atoms with Crippen LogP contribution in [-0.2, 0) is 0 Å². The summed E-state index contributed by atoms with van der Waals surface area (Å²) in [5.41, 5.74) is 3.58. The minimum absolute atomic E-state index is 0.458. The highest BCUT2D eigenvalue weighted by molar-refractivity contribution is 5.20. The van der Waals surface area contributed by atoms with Crippen LogP contribution in [0.3, 0.4) is 0 Å². The highest BCUT2D eigenvalue weighted by Gasteiger charge is 2.40. The monoisotopic (exact) mass is 218 g/mol. The summed E-state index contributed by atoms with van der Waals surface area (Å²) in [6, 6.07) is 0. The Hall–Kier alpha value is -0.520. The molecule has 2 rings (SSSR count). The third-order valence-electron chi connectivity index (χ3n) is 4.98. The number of hydrogen-bond acceptors (Lipinski definition) is 0. The van der Waals surface area contributed by atoms with Crippen molar-refractivity contribution in [2.45, 2.75) is 53.4 Å². The van der Waals surface area contributed by atoms with Gasteiger partial charge in [-0.25, -0.2) is 0 Å². The predicted molar refractivity (Wildman–Crippen MR) is 71.3 cm³/mol. The molecule has 0 amide bonds. The van der Waals surface area contributed by atoms with Gasteiger partial charge in [-0.05, 0) is 55.8 Å². The summed E-state index contributed by atoms with van der Waals surface area (Å²) in [5.74, 6) is 2.20. The lowest BCUT2D eigenvalue weighted by Gasteiger charge is -2.39. The molecule has 1 fully saturated rings. The van der Waals surface area contributed by atoms with E-state index in [4.69, 9.17) is 0 Å². The zero-order valence-electron chi connectivity index (χ0n) is 11.3. The van der Waals surface area contributed by atoms with Crippen LogP contribution in [0.25, 0.3) is 0 Å². The van der Waals surface area contributed by atoms with Crippen LogP contribution in [0.1, 0.15) is 53.4 Å². The van der Waals surface area contributed by atoms with Crippen molar-refractivity contribution in [2.75, 3.05) is 0 Å². The number of fused-ring (bicyclic) bond motifs is 1. The Morgan fingerprint density at radius 2 is 2.00 bits per heavy atom. The van der Waals surface area contributed by atoms with Crippen LogP contribution in [0, 0.1) is 23.2 Å². The molecule has 1 saturated carbocycles. The normalized spacial score (nSPS) is 38.6. The van der Waals surface area contributed by atoms with E-state index in [9.17, 15) is 0 Å². The van der Waals surface area contributed by atoms with Crippen LogP contribution < -0.4 is 0 Å². The molecule has 2 aliphatic carbocycles. The third kappa shape index (κ3) is 1.99. The molecule has 0 bridgehead atoms. The van der Waals surface area contributed by atoms with Crippen molar-refractivity contribution in [3.05, 3.63) is 23.8 Å². The highest BCUT2D eigenvalue weighted by Crippen LogP contribution is 2.50. The molecule has 0 aliphatic heterocycles. The van der Waals surface area contributed by atoms with E-state index in [1.54, 1.807) is 5.57 Å². The Bertz CT molecular complexity index is 319. The molecule has 3 atom stereocenters. The number of rotatable bonds is 0. The van der Waals surface area contributed by atoms with Gasteiger partial charge in [0.1, 0.15) is 0 Å². The quantitative estimate of drug-likeness (QED) is 0.503. The minimum atomic E-state index is 0.458. The summed E-state index contributed by atoms with van der Waals surface area (Å²) in [6.07, 6.45) is 7.84. The summed E-state index contributed by atoms with van der Waals surface area (Å²) < 4.78 is 0. The van der Waals surface area contributed by atoms with Crippen molar-refractivity contribution >= 4 is 0 Å². The molecule has 0 spiro atoms. The van der Waals surface area contributed by atoms with Gasteiger partial charge in [-0.2, -0.15) is 0 Å². The van der Waals surface area contributed by atoms with Crippen molar-refractivity contribution in [1.29, 1.82) is 0 Å². The molecule has 16 heavy (non-hydrogen) atoms. The first-order chi connectivity index (χ1) is 7.42. The molecule has 0 radical (unpaired) electrons. The highest BCUT2D eigenvalue weighted by atomic mass is 14.4. The zero-order chi connectivity index (χ0) is 11.9. The molecule has 0 heterocycles. The van der Waals surface area contributed by atoms with Gasteiger partial charge >= 0.3 is 0 Å². The standard InChI is InChI=1S/C16H26/c1-11-6-7-14-13(3)12(2)8-9-16(4,5)15(14)10-11/h10,12,14-15H,3,6-9H2,1-2,4-5H3/t12-,14+,15+/m1/s1. The van der Waals surface area contributed by atoms with Crippen molar-refractivity contribution in [3.63, 3.8) is 0 Å². The van der Waals surface area contributed by atoms with Gasteiger partial charge in [0.05, 0.1) is 0 Å². The van der Waals surface area contributed by atoms with Gasteiger partial charge in [0.2, 0.25) is 0 Å². The summed E-state index contributed by atoms with van der Waals surface area (Å²) in [7, 11) is 0. The van der Waals surface area contributed by atoms with E-state index in [1.165, 1.54) is 31.3 Å². The lowest BCUT2D eigenvalue weighted by atomic mass is 9.65. The lowest BCUT2D eigenvalue weighted by Crippen LogP contribution is -2.30. The van der Waals surface area contributed by atoms with Crippen molar-refractivity contribution in [1.82, 2.24) is 0 Å². The number of allylic oxidation sites excluding steroid dienone is 3. The Morgan fingerprint density at radius 3 is 2.69 bits per heavy atom. The molecule has 0 heteroatoms.